The number of furan rings is 1. The predicted molar refractivity (Wildman–Crippen MR) is 107 cm³/mol. The minimum Gasteiger partial charge on any atom is -0.459 e. The van der Waals surface area contributed by atoms with Crippen molar-refractivity contribution in [3.8, 4) is 0 Å². The summed E-state index contributed by atoms with van der Waals surface area (Å²) < 4.78 is 5.05. The first-order valence-corrected chi connectivity index (χ1v) is 9.58. The lowest BCUT2D eigenvalue weighted by Crippen LogP contribution is -2.23. The molecule has 1 fully saturated rings. The van der Waals surface area contributed by atoms with Crippen molar-refractivity contribution in [2.45, 2.75) is 12.8 Å². The molecule has 142 valence electrons. The van der Waals surface area contributed by atoms with E-state index in [2.05, 4.69) is 10.6 Å². The minimum atomic E-state index is -0.373. The second kappa shape index (κ2) is 7.69. The van der Waals surface area contributed by atoms with Crippen LogP contribution in [0.1, 0.15) is 33.1 Å². The van der Waals surface area contributed by atoms with E-state index in [-0.39, 0.29) is 23.5 Å². The molecule has 2 aromatic heterocycles. The molecule has 1 aliphatic rings. The number of thiophene rings is 1. The van der Waals surface area contributed by atoms with Gasteiger partial charge in [-0.1, -0.05) is 6.07 Å². The fourth-order valence-electron chi connectivity index (χ4n) is 2.97. The number of benzene rings is 1. The number of nitrogens with one attached hydrogen (secondary N) is 2. The molecule has 7 nitrogen and oxygen atoms in total. The van der Waals surface area contributed by atoms with Crippen LogP contribution in [-0.4, -0.2) is 24.3 Å². The van der Waals surface area contributed by atoms with E-state index in [1.165, 1.54) is 17.6 Å². The van der Waals surface area contributed by atoms with Gasteiger partial charge in [0.2, 0.25) is 5.91 Å². The Morgan fingerprint density at radius 3 is 2.68 bits per heavy atom. The van der Waals surface area contributed by atoms with Crippen LogP contribution in [0.5, 0.6) is 0 Å². The first-order valence-electron chi connectivity index (χ1n) is 8.76. The highest BCUT2D eigenvalue weighted by molar-refractivity contribution is 7.18. The molecule has 0 unspecified atom stereocenters. The summed E-state index contributed by atoms with van der Waals surface area (Å²) in [7, 11) is 0. The molecule has 3 aromatic rings. The highest BCUT2D eigenvalue weighted by Crippen LogP contribution is 2.26. The van der Waals surface area contributed by atoms with Crippen LogP contribution in [-0.2, 0) is 4.79 Å². The van der Waals surface area contributed by atoms with Gasteiger partial charge in [0.1, 0.15) is 0 Å². The second-order valence-electron chi connectivity index (χ2n) is 6.25. The van der Waals surface area contributed by atoms with Gasteiger partial charge in [-0.2, -0.15) is 0 Å². The van der Waals surface area contributed by atoms with Crippen molar-refractivity contribution in [1.29, 1.82) is 0 Å². The SMILES string of the molecule is O=C(Nc1ccc(C(=O)Nc2cccc(N3CCCC3=O)c2)s1)c1ccco1. The van der Waals surface area contributed by atoms with Crippen molar-refractivity contribution in [1.82, 2.24) is 0 Å². The third-order valence-electron chi connectivity index (χ3n) is 4.30. The average molecular weight is 395 g/mol. The van der Waals surface area contributed by atoms with Crippen LogP contribution in [0.2, 0.25) is 0 Å². The summed E-state index contributed by atoms with van der Waals surface area (Å²) in [6.45, 7) is 0.694. The molecule has 1 aromatic carbocycles. The Hall–Kier alpha value is -3.39. The summed E-state index contributed by atoms with van der Waals surface area (Å²) in [6.07, 6.45) is 2.82. The first-order chi connectivity index (χ1) is 13.6. The molecular formula is C20H17N3O4S. The monoisotopic (exact) mass is 395 g/mol. The van der Waals surface area contributed by atoms with E-state index < -0.39 is 0 Å². The van der Waals surface area contributed by atoms with Gasteiger partial charge in [-0.05, 0) is 48.9 Å². The normalized spacial score (nSPS) is 13.6. The maximum Gasteiger partial charge on any atom is 0.291 e. The zero-order valence-corrected chi connectivity index (χ0v) is 15.6. The Morgan fingerprint density at radius 1 is 1.04 bits per heavy atom. The summed E-state index contributed by atoms with van der Waals surface area (Å²) >= 11 is 1.17. The molecule has 0 aliphatic carbocycles. The molecule has 1 aliphatic heterocycles. The predicted octanol–water partition coefficient (Wildman–Crippen LogP) is 3.97. The molecular weight excluding hydrogens is 378 g/mol. The van der Waals surface area contributed by atoms with Gasteiger partial charge in [0, 0.05) is 24.3 Å². The fraction of sp³-hybridized carbons (Fsp3) is 0.150. The molecule has 28 heavy (non-hydrogen) atoms. The third-order valence-corrected chi connectivity index (χ3v) is 5.30. The molecule has 3 amide bonds. The Balaban J connectivity index is 1.42. The number of nitrogens with zero attached hydrogens (tertiary/aromatic N) is 1. The fourth-order valence-corrected chi connectivity index (χ4v) is 3.77. The van der Waals surface area contributed by atoms with Crippen molar-refractivity contribution in [2.24, 2.45) is 0 Å². The number of amides is 3. The summed E-state index contributed by atoms with van der Waals surface area (Å²) in [5.74, 6) is -0.360. The largest absolute Gasteiger partial charge is 0.459 e. The summed E-state index contributed by atoms with van der Waals surface area (Å²) in [6, 6.07) is 13.7. The average Bonchev–Trinajstić information content (AvgIpc) is 3.43. The highest BCUT2D eigenvalue weighted by Gasteiger charge is 2.22. The zero-order valence-electron chi connectivity index (χ0n) is 14.8. The lowest BCUT2D eigenvalue weighted by Gasteiger charge is -2.16. The number of carbonyl (C=O) groups is 3. The lowest BCUT2D eigenvalue weighted by molar-refractivity contribution is -0.117. The van der Waals surface area contributed by atoms with Gasteiger partial charge in [0.05, 0.1) is 16.1 Å². The third kappa shape index (κ3) is 3.81. The van der Waals surface area contributed by atoms with E-state index in [9.17, 15) is 14.4 Å². The van der Waals surface area contributed by atoms with Crippen molar-refractivity contribution in [3.63, 3.8) is 0 Å². The van der Waals surface area contributed by atoms with Gasteiger partial charge in [-0.3, -0.25) is 14.4 Å². The van der Waals surface area contributed by atoms with Gasteiger partial charge in [0.25, 0.3) is 11.8 Å². The van der Waals surface area contributed by atoms with E-state index in [1.807, 2.05) is 6.07 Å². The summed E-state index contributed by atoms with van der Waals surface area (Å²) in [4.78, 5) is 38.6. The summed E-state index contributed by atoms with van der Waals surface area (Å²) in [5, 5.41) is 6.07. The number of anilines is 3. The molecule has 0 atom stereocenters. The number of hydrogen-bond donors (Lipinski definition) is 2. The highest BCUT2D eigenvalue weighted by atomic mass is 32.1. The molecule has 0 spiro atoms. The standard InChI is InChI=1S/C20H17N3O4S/c24-18-7-2-10-23(18)14-5-1-4-13(12-14)21-20(26)16-8-9-17(28-16)22-19(25)15-6-3-11-27-15/h1,3-6,8-9,11-12H,2,7,10H2,(H,21,26)(H,22,25). The smallest absolute Gasteiger partial charge is 0.291 e. The van der Waals surface area contributed by atoms with Gasteiger partial charge < -0.3 is 20.0 Å². The van der Waals surface area contributed by atoms with Crippen LogP contribution >= 0.6 is 11.3 Å². The molecule has 0 radical (unpaired) electrons. The zero-order chi connectivity index (χ0) is 19.5. The van der Waals surface area contributed by atoms with Crippen LogP contribution in [0.25, 0.3) is 0 Å². The first kappa shape index (κ1) is 18.0. The molecule has 2 N–H and O–H groups in total. The molecule has 3 heterocycles. The second-order valence-corrected chi connectivity index (χ2v) is 7.33. The van der Waals surface area contributed by atoms with Crippen LogP contribution in [0, 0.1) is 0 Å². The van der Waals surface area contributed by atoms with E-state index in [1.54, 1.807) is 47.4 Å². The van der Waals surface area contributed by atoms with Crippen molar-refractivity contribution in [3.05, 3.63) is 65.4 Å². The van der Waals surface area contributed by atoms with Gasteiger partial charge >= 0.3 is 0 Å². The van der Waals surface area contributed by atoms with Crippen molar-refractivity contribution in [2.75, 3.05) is 22.1 Å². The van der Waals surface area contributed by atoms with Crippen LogP contribution in [0.4, 0.5) is 16.4 Å². The van der Waals surface area contributed by atoms with Gasteiger partial charge in [-0.25, -0.2) is 0 Å². The maximum atomic E-state index is 12.5. The van der Waals surface area contributed by atoms with E-state index in [0.29, 0.717) is 28.5 Å². The molecule has 4 rings (SSSR count). The number of rotatable bonds is 5. The van der Waals surface area contributed by atoms with Crippen LogP contribution in [0.3, 0.4) is 0 Å². The Labute approximate surface area is 165 Å². The van der Waals surface area contributed by atoms with E-state index in [4.69, 9.17) is 4.42 Å². The molecule has 1 saturated heterocycles. The quantitative estimate of drug-likeness (QED) is 0.684. The lowest BCUT2D eigenvalue weighted by atomic mass is 10.2. The Bertz CT molecular complexity index is 1030. The molecule has 8 heteroatoms. The van der Waals surface area contributed by atoms with Gasteiger partial charge in [0.15, 0.2) is 5.76 Å². The van der Waals surface area contributed by atoms with Crippen LogP contribution in [0.15, 0.2) is 59.2 Å². The van der Waals surface area contributed by atoms with E-state index >= 15 is 0 Å². The number of carbonyl (C=O) groups excluding carboxylic acids is 3. The minimum absolute atomic E-state index is 0.0960. The Morgan fingerprint density at radius 2 is 1.93 bits per heavy atom. The summed E-state index contributed by atoms with van der Waals surface area (Å²) in [5.41, 5.74) is 1.38. The number of hydrogen-bond acceptors (Lipinski definition) is 5. The maximum absolute atomic E-state index is 12.5. The molecule has 0 saturated carbocycles. The van der Waals surface area contributed by atoms with E-state index in [0.717, 1.165) is 12.1 Å². The van der Waals surface area contributed by atoms with Crippen molar-refractivity contribution < 1.29 is 18.8 Å². The topological polar surface area (TPSA) is 91.7 Å². The van der Waals surface area contributed by atoms with Crippen LogP contribution < -0.4 is 15.5 Å². The molecule has 0 bridgehead atoms. The van der Waals surface area contributed by atoms with Crippen molar-refractivity contribution >= 4 is 45.4 Å². The van der Waals surface area contributed by atoms with Gasteiger partial charge in [-0.15, -0.1) is 11.3 Å². The Kier molecular flexibility index (Phi) is 4.94.